The number of hydrogen-bond donors (Lipinski definition) is 1. The molecule has 5 atom stereocenters. The van der Waals surface area contributed by atoms with Gasteiger partial charge in [0.15, 0.2) is 12.2 Å². The highest BCUT2D eigenvalue weighted by molar-refractivity contribution is 7.99. The van der Waals surface area contributed by atoms with Gasteiger partial charge in [-0.3, -0.25) is 0 Å². The van der Waals surface area contributed by atoms with E-state index in [4.69, 9.17) is 18.9 Å². The Hall–Kier alpha value is -3.66. The van der Waals surface area contributed by atoms with E-state index in [2.05, 4.69) is 0 Å². The summed E-state index contributed by atoms with van der Waals surface area (Å²) in [5.74, 6) is -1.35. The maximum absolute atomic E-state index is 13.0. The largest absolute Gasteiger partial charge is 0.459 e. The van der Waals surface area contributed by atoms with Gasteiger partial charge in [0.1, 0.15) is 24.3 Å². The second kappa shape index (κ2) is 13.2. The molecule has 1 heterocycles. The Morgan fingerprint density at radius 3 is 1.66 bits per heavy atom. The molecule has 198 valence electrons. The smallest absolute Gasteiger partial charge is 0.338 e. The van der Waals surface area contributed by atoms with Gasteiger partial charge < -0.3 is 24.1 Å². The zero-order chi connectivity index (χ0) is 26.9. The van der Waals surface area contributed by atoms with Crippen LogP contribution in [-0.4, -0.2) is 65.2 Å². The van der Waals surface area contributed by atoms with Crippen LogP contribution in [0.1, 0.15) is 38.0 Å². The lowest BCUT2D eigenvalue weighted by atomic mass is 9.99. The number of thioether (sulfide) groups is 1. The molecule has 3 aromatic rings. The molecule has 4 rings (SSSR count). The molecule has 1 aliphatic rings. The molecule has 0 aliphatic carbocycles. The Morgan fingerprint density at radius 1 is 0.737 bits per heavy atom. The summed E-state index contributed by atoms with van der Waals surface area (Å²) in [5.41, 5.74) is 0.115. The van der Waals surface area contributed by atoms with Gasteiger partial charge in [-0.15, -0.1) is 11.8 Å². The first-order valence-electron chi connectivity index (χ1n) is 12.2. The molecule has 0 aromatic heterocycles. The van der Waals surface area contributed by atoms with Crippen LogP contribution in [-0.2, 0) is 18.9 Å². The fraction of sp³-hybridized carbons (Fsp3) is 0.276. The standard InChI is InChI=1S/C29H28O8S/c1-2-38-29-25(37-28(33)21-16-10-5-11-17-21)24(36-27(32)20-14-8-4-9-15-20)23(30)22(35-29)18-34-26(31)19-12-6-3-7-13-19/h3-17,22-25,29-30H,2,18H2,1H3/t22-,23-,24+,25-,29+/m1/s1. The number of carbonyl (C=O) groups excluding carboxylic acids is 3. The number of aliphatic hydroxyl groups is 1. The highest BCUT2D eigenvalue weighted by Crippen LogP contribution is 2.33. The summed E-state index contributed by atoms with van der Waals surface area (Å²) < 4.78 is 23.0. The Bertz CT molecular complexity index is 1210. The number of hydrogen-bond acceptors (Lipinski definition) is 9. The van der Waals surface area contributed by atoms with Crippen molar-refractivity contribution in [2.75, 3.05) is 12.4 Å². The minimum absolute atomic E-state index is 0.270. The molecule has 0 unspecified atom stereocenters. The number of aliphatic hydroxyl groups excluding tert-OH is 1. The maximum Gasteiger partial charge on any atom is 0.338 e. The fourth-order valence-electron chi connectivity index (χ4n) is 3.93. The molecule has 0 saturated carbocycles. The number of benzene rings is 3. The van der Waals surface area contributed by atoms with Crippen molar-refractivity contribution in [2.45, 2.75) is 36.8 Å². The van der Waals surface area contributed by atoms with Crippen molar-refractivity contribution < 1.29 is 38.4 Å². The first-order chi connectivity index (χ1) is 18.5. The van der Waals surface area contributed by atoms with Crippen LogP contribution in [0.2, 0.25) is 0 Å². The summed E-state index contributed by atoms with van der Waals surface area (Å²) in [6.07, 6.45) is -4.90. The quantitative estimate of drug-likeness (QED) is 0.319. The van der Waals surface area contributed by atoms with Crippen LogP contribution in [0.15, 0.2) is 91.0 Å². The van der Waals surface area contributed by atoms with Crippen LogP contribution in [0.3, 0.4) is 0 Å². The molecule has 0 amide bonds. The Kier molecular flexibility index (Phi) is 9.53. The molecule has 38 heavy (non-hydrogen) atoms. The van der Waals surface area contributed by atoms with Crippen molar-refractivity contribution in [3.8, 4) is 0 Å². The van der Waals surface area contributed by atoms with Gasteiger partial charge in [0, 0.05) is 0 Å². The summed E-state index contributed by atoms with van der Waals surface area (Å²) in [6.45, 7) is 1.60. The normalized spacial score (nSPS) is 22.7. The summed E-state index contributed by atoms with van der Waals surface area (Å²) in [4.78, 5) is 38.4. The molecule has 1 aliphatic heterocycles. The monoisotopic (exact) mass is 536 g/mol. The van der Waals surface area contributed by atoms with E-state index in [9.17, 15) is 19.5 Å². The Morgan fingerprint density at radius 2 is 1.18 bits per heavy atom. The zero-order valence-corrected chi connectivity index (χ0v) is 21.5. The minimum Gasteiger partial charge on any atom is -0.459 e. The minimum atomic E-state index is -1.45. The van der Waals surface area contributed by atoms with E-state index in [-0.39, 0.29) is 12.2 Å². The third kappa shape index (κ3) is 6.80. The molecule has 9 heteroatoms. The topological polar surface area (TPSA) is 108 Å². The van der Waals surface area contributed by atoms with Crippen LogP contribution in [0, 0.1) is 0 Å². The molecule has 1 N–H and O–H groups in total. The highest BCUT2D eigenvalue weighted by atomic mass is 32.2. The van der Waals surface area contributed by atoms with E-state index in [1.807, 2.05) is 6.92 Å². The van der Waals surface area contributed by atoms with Gasteiger partial charge in [-0.2, -0.15) is 0 Å². The summed E-state index contributed by atoms with van der Waals surface area (Å²) in [6, 6.07) is 25.1. The van der Waals surface area contributed by atoms with Crippen molar-refractivity contribution in [1.29, 1.82) is 0 Å². The molecule has 0 spiro atoms. The molecule has 8 nitrogen and oxygen atoms in total. The molecule has 1 fully saturated rings. The van der Waals surface area contributed by atoms with Gasteiger partial charge in [0.05, 0.1) is 16.7 Å². The summed E-state index contributed by atoms with van der Waals surface area (Å²) >= 11 is 1.32. The average Bonchev–Trinajstić information content (AvgIpc) is 2.96. The second-order valence-corrected chi connectivity index (χ2v) is 9.80. The van der Waals surface area contributed by atoms with Crippen LogP contribution < -0.4 is 0 Å². The lowest BCUT2D eigenvalue weighted by molar-refractivity contribution is -0.206. The maximum atomic E-state index is 13.0. The lowest BCUT2D eigenvalue weighted by Gasteiger charge is -2.43. The van der Waals surface area contributed by atoms with Gasteiger partial charge in [-0.25, -0.2) is 14.4 Å². The van der Waals surface area contributed by atoms with Crippen LogP contribution in [0.5, 0.6) is 0 Å². The molecule has 0 bridgehead atoms. The third-order valence-electron chi connectivity index (χ3n) is 5.84. The van der Waals surface area contributed by atoms with Crippen molar-refractivity contribution in [2.24, 2.45) is 0 Å². The van der Waals surface area contributed by atoms with E-state index in [0.29, 0.717) is 16.9 Å². The molecular weight excluding hydrogens is 508 g/mol. The number of esters is 3. The van der Waals surface area contributed by atoms with Gasteiger partial charge in [0.25, 0.3) is 0 Å². The number of rotatable bonds is 9. The molecule has 0 radical (unpaired) electrons. The molecule has 1 saturated heterocycles. The van der Waals surface area contributed by atoms with Crippen molar-refractivity contribution in [1.82, 2.24) is 0 Å². The molecule has 3 aromatic carbocycles. The van der Waals surface area contributed by atoms with Crippen molar-refractivity contribution in [3.05, 3.63) is 108 Å². The summed E-state index contributed by atoms with van der Waals surface area (Å²) in [5, 5.41) is 11.3. The predicted molar refractivity (Wildman–Crippen MR) is 141 cm³/mol. The first kappa shape index (κ1) is 27.4. The Balaban J connectivity index is 1.57. The van der Waals surface area contributed by atoms with E-state index in [1.165, 1.54) is 11.8 Å². The van der Waals surface area contributed by atoms with Crippen LogP contribution in [0.25, 0.3) is 0 Å². The third-order valence-corrected chi connectivity index (χ3v) is 6.88. The van der Waals surface area contributed by atoms with E-state index >= 15 is 0 Å². The number of ether oxygens (including phenoxy) is 4. The van der Waals surface area contributed by atoms with E-state index in [1.54, 1.807) is 91.0 Å². The van der Waals surface area contributed by atoms with Crippen molar-refractivity contribution in [3.63, 3.8) is 0 Å². The van der Waals surface area contributed by atoms with Crippen LogP contribution >= 0.6 is 11.8 Å². The van der Waals surface area contributed by atoms with E-state index in [0.717, 1.165) is 0 Å². The van der Waals surface area contributed by atoms with Gasteiger partial charge in [0.2, 0.25) is 0 Å². The lowest BCUT2D eigenvalue weighted by Crippen LogP contribution is -2.60. The second-order valence-electron chi connectivity index (χ2n) is 8.43. The van der Waals surface area contributed by atoms with Crippen LogP contribution in [0.4, 0.5) is 0 Å². The SMILES string of the molecule is CCS[C@@H]1O[C@H](COC(=O)c2ccccc2)[C@@H](O)[C@H](OC(=O)c2ccccc2)[C@H]1OC(=O)c1ccccc1. The predicted octanol–water partition coefficient (Wildman–Crippen LogP) is 4.13. The Labute approximate surface area is 224 Å². The van der Waals surface area contributed by atoms with Gasteiger partial charge in [-0.05, 0) is 42.2 Å². The van der Waals surface area contributed by atoms with Gasteiger partial charge in [-0.1, -0.05) is 61.5 Å². The fourth-order valence-corrected chi connectivity index (χ4v) is 4.88. The van der Waals surface area contributed by atoms with Crippen molar-refractivity contribution >= 4 is 29.7 Å². The zero-order valence-electron chi connectivity index (χ0n) is 20.7. The highest BCUT2D eigenvalue weighted by Gasteiger charge is 2.50. The van der Waals surface area contributed by atoms with E-state index < -0.39 is 47.8 Å². The molecular formula is C29H28O8S. The first-order valence-corrected chi connectivity index (χ1v) is 13.2. The number of carbonyl (C=O) groups is 3. The summed E-state index contributed by atoms with van der Waals surface area (Å²) in [7, 11) is 0. The average molecular weight is 537 g/mol. The van der Waals surface area contributed by atoms with Gasteiger partial charge >= 0.3 is 17.9 Å².